The van der Waals surface area contributed by atoms with E-state index in [1.54, 1.807) is 26.0 Å². The number of carbonyl (C=O) groups excluding carboxylic acids is 1. The molecule has 0 aromatic carbocycles. The van der Waals surface area contributed by atoms with Gasteiger partial charge in [0.2, 0.25) is 0 Å². The lowest BCUT2D eigenvalue weighted by Gasteiger charge is -2.04. The number of hydrogen-bond donors (Lipinski definition) is 3. The summed E-state index contributed by atoms with van der Waals surface area (Å²) in [7, 11) is 0. The maximum atomic E-state index is 12.1. The van der Waals surface area contributed by atoms with Crippen LogP contribution in [0.15, 0.2) is 22.8 Å². The van der Waals surface area contributed by atoms with Gasteiger partial charge in [0.1, 0.15) is 11.5 Å². The third-order valence-corrected chi connectivity index (χ3v) is 2.88. The maximum absolute atomic E-state index is 12.1. The molecule has 0 atom stereocenters. The number of amides is 1. The van der Waals surface area contributed by atoms with E-state index in [0.29, 0.717) is 22.6 Å². The van der Waals surface area contributed by atoms with Crippen LogP contribution in [0, 0.1) is 13.8 Å². The second-order valence-corrected chi connectivity index (χ2v) is 4.19. The summed E-state index contributed by atoms with van der Waals surface area (Å²) in [5, 5.41) is 11.7. The Balaban J connectivity index is 2.17. The van der Waals surface area contributed by atoms with E-state index < -0.39 is 5.97 Å². The average Bonchev–Trinajstić information content (AvgIpc) is 2.94. The highest BCUT2D eigenvalue weighted by Gasteiger charge is 2.21. The van der Waals surface area contributed by atoms with Crippen molar-refractivity contribution in [2.45, 2.75) is 20.4 Å². The summed E-state index contributed by atoms with van der Waals surface area (Å²) >= 11 is 0. The first kappa shape index (κ1) is 12.9. The van der Waals surface area contributed by atoms with E-state index >= 15 is 0 Å². The highest BCUT2D eigenvalue weighted by atomic mass is 16.4. The fraction of sp³-hybridized carbons (Fsp3) is 0.231. The van der Waals surface area contributed by atoms with Crippen LogP contribution in [0.5, 0.6) is 0 Å². The van der Waals surface area contributed by atoms with Gasteiger partial charge in [0.15, 0.2) is 0 Å². The molecular weight excluding hydrogens is 248 g/mol. The zero-order valence-corrected chi connectivity index (χ0v) is 10.6. The van der Waals surface area contributed by atoms with Crippen LogP contribution in [-0.2, 0) is 6.54 Å². The molecule has 0 saturated heterocycles. The molecule has 6 nitrogen and oxygen atoms in total. The third kappa shape index (κ3) is 2.52. The van der Waals surface area contributed by atoms with Crippen LogP contribution >= 0.6 is 0 Å². The SMILES string of the molecule is Cc1[nH]c(C(=O)O)c(C)c1C(=O)NCc1ccco1. The first-order chi connectivity index (χ1) is 9.00. The minimum Gasteiger partial charge on any atom is -0.477 e. The van der Waals surface area contributed by atoms with Gasteiger partial charge in [-0.2, -0.15) is 0 Å². The standard InChI is InChI=1S/C13H14N2O4/c1-7-10(8(2)15-11(7)13(17)18)12(16)14-6-9-4-3-5-19-9/h3-5,15H,6H2,1-2H3,(H,14,16)(H,17,18). The van der Waals surface area contributed by atoms with Gasteiger partial charge in [-0.1, -0.05) is 0 Å². The molecule has 0 aliphatic rings. The number of aromatic carboxylic acids is 1. The lowest BCUT2D eigenvalue weighted by molar-refractivity contribution is 0.0690. The smallest absolute Gasteiger partial charge is 0.352 e. The van der Waals surface area contributed by atoms with Gasteiger partial charge in [-0.15, -0.1) is 0 Å². The van der Waals surface area contributed by atoms with Crippen LogP contribution in [-0.4, -0.2) is 22.0 Å². The van der Waals surface area contributed by atoms with Crippen molar-refractivity contribution in [1.29, 1.82) is 0 Å². The van der Waals surface area contributed by atoms with E-state index in [4.69, 9.17) is 9.52 Å². The van der Waals surface area contributed by atoms with Crippen LogP contribution in [0.2, 0.25) is 0 Å². The van der Waals surface area contributed by atoms with Gasteiger partial charge < -0.3 is 19.8 Å². The van der Waals surface area contributed by atoms with Gasteiger partial charge in [-0.05, 0) is 31.5 Å². The number of aromatic amines is 1. The minimum atomic E-state index is -1.08. The van der Waals surface area contributed by atoms with Gasteiger partial charge in [-0.3, -0.25) is 4.79 Å². The van der Waals surface area contributed by atoms with Gasteiger partial charge in [0, 0.05) is 5.69 Å². The van der Waals surface area contributed by atoms with E-state index in [9.17, 15) is 9.59 Å². The van der Waals surface area contributed by atoms with E-state index in [1.807, 2.05) is 0 Å². The number of aromatic nitrogens is 1. The fourth-order valence-corrected chi connectivity index (χ4v) is 1.97. The highest BCUT2D eigenvalue weighted by Crippen LogP contribution is 2.18. The number of H-pyrrole nitrogens is 1. The number of aryl methyl sites for hydroxylation is 1. The molecule has 2 rings (SSSR count). The number of carboxylic acid groups (broad SMARTS) is 1. The number of nitrogens with one attached hydrogen (secondary N) is 2. The van der Waals surface area contributed by atoms with Gasteiger partial charge in [-0.25, -0.2) is 4.79 Å². The van der Waals surface area contributed by atoms with E-state index in [2.05, 4.69) is 10.3 Å². The molecule has 0 radical (unpaired) electrons. The van der Waals surface area contributed by atoms with Crippen LogP contribution in [0.25, 0.3) is 0 Å². The first-order valence-corrected chi connectivity index (χ1v) is 5.73. The molecule has 3 N–H and O–H groups in total. The summed E-state index contributed by atoms with van der Waals surface area (Å²) in [5.41, 5.74) is 1.37. The number of carbonyl (C=O) groups is 2. The van der Waals surface area contributed by atoms with Crippen molar-refractivity contribution in [3.05, 3.63) is 46.7 Å². The molecule has 0 fully saturated rings. The number of hydrogen-bond acceptors (Lipinski definition) is 3. The second kappa shape index (κ2) is 5.01. The van der Waals surface area contributed by atoms with E-state index in [0.717, 1.165) is 0 Å². The van der Waals surface area contributed by atoms with Crippen LogP contribution in [0.1, 0.15) is 37.9 Å². The van der Waals surface area contributed by atoms with Gasteiger partial charge in [0.25, 0.3) is 5.91 Å². The monoisotopic (exact) mass is 262 g/mol. The Labute approximate surface area is 109 Å². The average molecular weight is 262 g/mol. The van der Waals surface area contributed by atoms with Crippen LogP contribution in [0.3, 0.4) is 0 Å². The quantitative estimate of drug-likeness (QED) is 0.783. The fourth-order valence-electron chi connectivity index (χ4n) is 1.97. The van der Waals surface area contributed by atoms with Crippen LogP contribution in [0.4, 0.5) is 0 Å². The van der Waals surface area contributed by atoms with E-state index in [1.165, 1.54) is 6.26 Å². The summed E-state index contributed by atoms with van der Waals surface area (Å²) in [6, 6.07) is 3.48. The molecule has 0 aliphatic heterocycles. The molecule has 0 spiro atoms. The number of carboxylic acids is 1. The van der Waals surface area contributed by atoms with Crippen molar-refractivity contribution >= 4 is 11.9 Å². The molecule has 2 heterocycles. The lowest BCUT2D eigenvalue weighted by Crippen LogP contribution is -2.23. The molecule has 19 heavy (non-hydrogen) atoms. The molecule has 0 aliphatic carbocycles. The molecule has 0 bridgehead atoms. The Kier molecular flexibility index (Phi) is 3.41. The van der Waals surface area contributed by atoms with Crippen molar-refractivity contribution in [2.24, 2.45) is 0 Å². The van der Waals surface area contributed by atoms with Crippen LogP contribution < -0.4 is 5.32 Å². The molecule has 100 valence electrons. The predicted octanol–water partition coefficient (Wildman–Crippen LogP) is 1.85. The summed E-state index contributed by atoms with van der Waals surface area (Å²) in [4.78, 5) is 25.7. The topological polar surface area (TPSA) is 95.3 Å². The molecule has 6 heteroatoms. The van der Waals surface area contributed by atoms with Crippen molar-refractivity contribution in [3.63, 3.8) is 0 Å². The van der Waals surface area contributed by atoms with Gasteiger partial charge >= 0.3 is 5.97 Å². The zero-order valence-electron chi connectivity index (χ0n) is 10.6. The lowest BCUT2D eigenvalue weighted by atomic mass is 10.1. The highest BCUT2D eigenvalue weighted by molar-refractivity contribution is 6.00. The van der Waals surface area contributed by atoms with Crippen molar-refractivity contribution in [3.8, 4) is 0 Å². The normalized spacial score (nSPS) is 10.4. The maximum Gasteiger partial charge on any atom is 0.352 e. The summed E-state index contributed by atoms with van der Waals surface area (Å²) in [6.45, 7) is 3.54. The van der Waals surface area contributed by atoms with E-state index in [-0.39, 0.29) is 18.1 Å². The molecule has 0 unspecified atom stereocenters. The Morgan fingerprint density at radius 3 is 2.68 bits per heavy atom. The Bertz CT molecular complexity index is 611. The second-order valence-electron chi connectivity index (χ2n) is 4.19. The zero-order chi connectivity index (χ0) is 14.0. The molecular formula is C13H14N2O4. The number of rotatable bonds is 4. The Hall–Kier alpha value is -2.50. The van der Waals surface area contributed by atoms with Gasteiger partial charge in [0.05, 0.1) is 18.4 Å². The van der Waals surface area contributed by atoms with Crippen molar-refractivity contribution in [1.82, 2.24) is 10.3 Å². The first-order valence-electron chi connectivity index (χ1n) is 5.73. The van der Waals surface area contributed by atoms with Crippen molar-refractivity contribution in [2.75, 3.05) is 0 Å². The molecule has 2 aromatic heterocycles. The summed E-state index contributed by atoms with van der Waals surface area (Å²) in [6.07, 6.45) is 1.52. The largest absolute Gasteiger partial charge is 0.477 e. The Morgan fingerprint density at radius 1 is 1.42 bits per heavy atom. The molecule has 0 saturated carbocycles. The number of furan rings is 1. The predicted molar refractivity (Wildman–Crippen MR) is 67.1 cm³/mol. The third-order valence-electron chi connectivity index (χ3n) is 2.88. The molecule has 1 amide bonds. The summed E-state index contributed by atoms with van der Waals surface area (Å²) < 4.78 is 5.11. The molecule has 2 aromatic rings. The minimum absolute atomic E-state index is 0.0423. The summed E-state index contributed by atoms with van der Waals surface area (Å²) in [5.74, 6) is -0.765. The van der Waals surface area contributed by atoms with Crippen molar-refractivity contribution < 1.29 is 19.1 Å². The Morgan fingerprint density at radius 2 is 2.16 bits per heavy atom.